The summed E-state index contributed by atoms with van der Waals surface area (Å²) in [5.41, 5.74) is 6.39. The first-order chi connectivity index (χ1) is 8.49. The summed E-state index contributed by atoms with van der Waals surface area (Å²) in [7, 11) is 0. The van der Waals surface area contributed by atoms with Crippen LogP contribution in [0.3, 0.4) is 0 Å². The predicted molar refractivity (Wildman–Crippen MR) is 80.6 cm³/mol. The molecule has 18 heavy (non-hydrogen) atoms. The van der Waals surface area contributed by atoms with Crippen LogP contribution in [0.1, 0.15) is 52.9 Å². The van der Waals surface area contributed by atoms with Gasteiger partial charge in [0, 0.05) is 12.6 Å². The Bertz CT molecular complexity index is 234. The highest BCUT2D eigenvalue weighted by atomic mass is 14.9. The molecule has 0 amide bonds. The Morgan fingerprint density at radius 2 is 1.89 bits per heavy atom. The molecule has 3 N–H and O–H groups in total. The first-order valence-corrected chi connectivity index (χ1v) is 7.53. The van der Waals surface area contributed by atoms with Crippen molar-refractivity contribution in [2.75, 3.05) is 13.1 Å². The summed E-state index contributed by atoms with van der Waals surface area (Å²) in [6.45, 7) is 12.7. The summed E-state index contributed by atoms with van der Waals surface area (Å²) in [6.07, 6.45) is 8.42. The Hall–Kier alpha value is -0.340. The number of nitrogens with two attached hydrogens (primary N) is 1. The van der Waals surface area contributed by atoms with E-state index in [1.54, 1.807) is 0 Å². The molecule has 1 saturated carbocycles. The van der Waals surface area contributed by atoms with Crippen LogP contribution < -0.4 is 11.1 Å². The summed E-state index contributed by atoms with van der Waals surface area (Å²) in [4.78, 5) is 0. The second-order valence-corrected chi connectivity index (χ2v) is 6.85. The van der Waals surface area contributed by atoms with E-state index < -0.39 is 0 Å². The monoisotopic (exact) mass is 252 g/mol. The van der Waals surface area contributed by atoms with Gasteiger partial charge in [-0.05, 0) is 55.9 Å². The van der Waals surface area contributed by atoms with E-state index in [0.717, 1.165) is 31.3 Å². The van der Waals surface area contributed by atoms with Gasteiger partial charge in [-0.3, -0.25) is 0 Å². The average molecular weight is 252 g/mol. The molecule has 1 atom stereocenters. The highest BCUT2D eigenvalue weighted by molar-refractivity contribution is 4.86. The van der Waals surface area contributed by atoms with Crippen molar-refractivity contribution in [1.29, 1.82) is 0 Å². The Morgan fingerprint density at radius 1 is 1.28 bits per heavy atom. The third-order valence-electron chi connectivity index (χ3n) is 4.57. The van der Waals surface area contributed by atoms with E-state index in [-0.39, 0.29) is 0 Å². The highest BCUT2D eigenvalue weighted by Crippen LogP contribution is 2.40. The third-order valence-corrected chi connectivity index (χ3v) is 4.57. The van der Waals surface area contributed by atoms with E-state index in [9.17, 15) is 0 Å². The zero-order valence-electron chi connectivity index (χ0n) is 12.5. The molecule has 0 radical (unpaired) electrons. The van der Waals surface area contributed by atoms with Gasteiger partial charge in [0.15, 0.2) is 0 Å². The molecule has 0 aromatic rings. The van der Waals surface area contributed by atoms with Crippen molar-refractivity contribution in [2.24, 2.45) is 23.0 Å². The van der Waals surface area contributed by atoms with E-state index in [0.29, 0.717) is 11.5 Å². The molecule has 0 aromatic carbocycles. The molecule has 1 rings (SSSR count). The first-order valence-electron chi connectivity index (χ1n) is 7.53. The molecule has 0 aromatic heterocycles. The van der Waals surface area contributed by atoms with Crippen molar-refractivity contribution in [1.82, 2.24) is 5.32 Å². The van der Waals surface area contributed by atoms with Crippen LogP contribution >= 0.6 is 0 Å². The van der Waals surface area contributed by atoms with Gasteiger partial charge in [0.1, 0.15) is 0 Å². The van der Waals surface area contributed by atoms with Crippen LogP contribution in [0.15, 0.2) is 12.7 Å². The van der Waals surface area contributed by atoms with Gasteiger partial charge < -0.3 is 11.1 Å². The maximum atomic E-state index is 5.92. The zero-order valence-corrected chi connectivity index (χ0v) is 12.5. The van der Waals surface area contributed by atoms with E-state index in [2.05, 4.69) is 32.7 Å². The van der Waals surface area contributed by atoms with E-state index in [1.165, 1.54) is 25.7 Å². The lowest BCUT2D eigenvalue weighted by Gasteiger charge is -2.39. The molecule has 2 heteroatoms. The second kappa shape index (κ2) is 7.30. The van der Waals surface area contributed by atoms with Crippen molar-refractivity contribution < 1.29 is 0 Å². The minimum absolute atomic E-state index is 0.472. The molecule has 1 aliphatic rings. The SMILES string of the molecule is C=CCCNC(CN)C1CCC(C(C)(C)C)CC1. The van der Waals surface area contributed by atoms with Crippen LogP contribution in [0.2, 0.25) is 0 Å². The molecular weight excluding hydrogens is 220 g/mol. The van der Waals surface area contributed by atoms with Crippen LogP contribution in [0.4, 0.5) is 0 Å². The van der Waals surface area contributed by atoms with E-state index >= 15 is 0 Å². The van der Waals surface area contributed by atoms with Crippen molar-refractivity contribution in [2.45, 2.75) is 58.9 Å². The zero-order chi connectivity index (χ0) is 13.6. The summed E-state index contributed by atoms with van der Waals surface area (Å²) in [6, 6.07) is 0.505. The summed E-state index contributed by atoms with van der Waals surface area (Å²) in [5, 5.41) is 3.60. The second-order valence-electron chi connectivity index (χ2n) is 6.85. The van der Waals surface area contributed by atoms with Crippen molar-refractivity contribution in [3.8, 4) is 0 Å². The fourth-order valence-corrected chi connectivity index (χ4v) is 3.20. The molecule has 106 valence electrons. The Kier molecular flexibility index (Phi) is 6.37. The number of rotatable bonds is 6. The molecule has 0 spiro atoms. The molecule has 0 heterocycles. The molecule has 0 bridgehead atoms. The average Bonchev–Trinajstić information content (AvgIpc) is 2.34. The van der Waals surface area contributed by atoms with Crippen molar-refractivity contribution >= 4 is 0 Å². The Balaban J connectivity index is 2.37. The van der Waals surface area contributed by atoms with Crippen molar-refractivity contribution in [3.63, 3.8) is 0 Å². The van der Waals surface area contributed by atoms with Gasteiger partial charge in [-0.25, -0.2) is 0 Å². The number of hydrogen-bond donors (Lipinski definition) is 2. The summed E-state index contributed by atoms with van der Waals surface area (Å²) < 4.78 is 0. The van der Waals surface area contributed by atoms with Gasteiger partial charge in [-0.15, -0.1) is 6.58 Å². The number of nitrogens with one attached hydrogen (secondary N) is 1. The summed E-state index contributed by atoms with van der Waals surface area (Å²) in [5.74, 6) is 1.67. The molecule has 0 saturated heterocycles. The topological polar surface area (TPSA) is 38.0 Å². The largest absolute Gasteiger partial charge is 0.329 e. The van der Waals surface area contributed by atoms with Crippen LogP contribution in [0.25, 0.3) is 0 Å². The maximum Gasteiger partial charge on any atom is 0.0218 e. The molecule has 1 fully saturated rings. The number of hydrogen-bond acceptors (Lipinski definition) is 2. The normalized spacial score (nSPS) is 26.9. The Morgan fingerprint density at radius 3 is 2.33 bits per heavy atom. The lowest BCUT2D eigenvalue weighted by atomic mass is 9.68. The van der Waals surface area contributed by atoms with Gasteiger partial charge >= 0.3 is 0 Å². The molecule has 1 aliphatic carbocycles. The minimum atomic E-state index is 0.472. The Labute approximate surface area is 113 Å². The van der Waals surface area contributed by atoms with Crippen LogP contribution in [-0.2, 0) is 0 Å². The quantitative estimate of drug-likeness (QED) is 0.562. The lowest BCUT2D eigenvalue weighted by molar-refractivity contribution is 0.134. The summed E-state index contributed by atoms with van der Waals surface area (Å²) >= 11 is 0. The van der Waals surface area contributed by atoms with E-state index in [1.807, 2.05) is 6.08 Å². The van der Waals surface area contributed by atoms with Gasteiger partial charge in [-0.1, -0.05) is 26.8 Å². The third kappa shape index (κ3) is 4.74. The maximum absolute atomic E-state index is 5.92. The van der Waals surface area contributed by atoms with Crippen molar-refractivity contribution in [3.05, 3.63) is 12.7 Å². The van der Waals surface area contributed by atoms with Gasteiger partial charge in [0.25, 0.3) is 0 Å². The fraction of sp³-hybridized carbons (Fsp3) is 0.875. The minimum Gasteiger partial charge on any atom is -0.329 e. The van der Waals surface area contributed by atoms with Gasteiger partial charge in [-0.2, -0.15) is 0 Å². The molecule has 1 unspecified atom stereocenters. The molecular formula is C16H32N2. The molecule has 0 aliphatic heterocycles. The first kappa shape index (κ1) is 15.7. The van der Waals surface area contributed by atoms with Gasteiger partial charge in [0.05, 0.1) is 0 Å². The van der Waals surface area contributed by atoms with Crippen LogP contribution in [-0.4, -0.2) is 19.1 Å². The fourth-order valence-electron chi connectivity index (χ4n) is 3.20. The lowest BCUT2D eigenvalue weighted by Crippen LogP contribution is -2.44. The smallest absolute Gasteiger partial charge is 0.0218 e. The van der Waals surface area contributed by atoms with Gasteiger partial charge in [0.2, 0.25) is 0 Å². The van der Waals surface area contributed by atoms with Crippen LogP contribution in [0, 0.1) is 17.3 Å². The van der Waals surface area contributed by atoms with E-state index in [4.69, 9.17) is 5.73 Å². The predicted octanol–water partition coefficient (Wildman–Crippen LogP) is 3.33. The standard InChI is InChI=1S/C16H32N2/c1-5-6-11-18-15(12-17)13-7-9-14(10-8-13)16(2,3)4/h5,13-15,18H,1,6-12,17H2,2-4H3. The highest BCUT2D eigenvalue weighted by Gasteiger charge is 2.32. The molecule has 2 nitrogen and oxygen atoms in total. The van der Waals surface area contributed by atoms with Crippen LogP contribution in [0.5, 0.6) is 0 Å².